The SMILES string of the molecule is CN=C(NCc1ccc(OC)cc1)NC1CCN(c2ccccc2OC(F)F)C1. The van der Waals surface area contributed by atoms with Gasteiger partial charge < -0.3 is 25.0 Å². The minimum absolute atomic E-state index is 0.150. The summed E-state index contributed by atoms with van der Waals surface area (Å²) in [5, 5.41) is 6.70. The average Bonchev–Trinajstić information content (AvgIpc) is 3.19. The van der Waals surface area contributed by atoms with E-state index < -0.39 is 6.61 Å². The zero-order valence-electron chi connectivity index (χ0n) is 16.6. The largest absolute Gasteiger partial charge is 0.497 e. The molecule has 1 heterocycles. The Bertz CT molecular complexity index is 815. The van der Waals surface area contributed by atoms with E-state index in [0.717, 1.165) is 24.3 Å². The van der Waals surface area contributed by atoms with E-state index in [4.69, 9.17) is 4.74 Å². The number of nitrogens with zero attached hydrogens (tertiary/aromatic N) is 2. The van der Waals surface area contributed by atoms with Crippen LogP contribution in [-0.4, -0.2) is 45.9 Å². The van der Waals surface area contributed by atoms with Gasteiger partial charge in [0, 0.05) is 32.7 Å². The van der Waals surface area contributed by atoms with E-state index in [1.165, 1.54) is 0 Å². The van der Waals surface area contributed by atoms with Gasteiger partial charge in [-0.15, -0.1) is 0 Å². The van der Waals surface area contributed by atoms with Crippen molar-refractivity contribution in [2.24, 2.45) is 4.99 Å². The van der Waals surface area contributed by atoms with Crippen LogP contribution >= 0.6 is 0 Å². The second kappa shape index (κ2) is 9.95. The molecule has 0 aliphatic carbocycles. The van der Waals surface area contributed by atoms with Crippen molar-refractivity contribution in [2.75, 3.05) is 32.1 Å². The molecule has 2 N–H and O–H groups in total. The van der Waals surface area contributed by atoms with Crippen LogP contribution < -0.4 is 25.0 Å². The summed E-state index contributed by atoms with van der Waals surface area (Å²) in [6, 6.07) is 14.9. The molecule has 1 unspecified atom stereocenters. The molecule has 29 heavy (non-hydrogen) atoms. The molecule has 0 amide bonds. The molecule has 6 nitrogen and oxygen atoms in total. The molecule has 1 aliphatic heterocycles. The Labute approximate surface area is 169 Å². The summed E-state index contributed by atoms with van der Waals surface area (Å²) in [4.78, 5) is 6.33. The Morgan fingerprint density at radius 1 is 1.21 bits per heavy atom. The molecule has 1 atom stereocenters. The topological polar surface area (TPSA) is 58.1 Å². The van der Waals surface area contributed by atoms with E-state index in [9.17, 15) is 8.78 Å². The zero-order chi connectivity index (χ0) is 20.6. The van der Waals surface area contributed by atoms with Crippen molar-refractivity contribution in [2.45, 2.75) is 25.6 Å². The highest BCUT2D eigenvalue weighted by Gasteiger charge is 2.26. The third-order valence-electron chi connectivity index (χ3n) is 4.79. The van der Waals surface area contributed by atoms with E-state index in [2.05, 4.69) is 20.4 Å². The molecule has 8 heteroatoms. The van der Waals surface area contributed by atoms with Gasteiger partial charge in [-0.05, 0) is 36.2 Å². The lowest BCUT2D eigenvalue weighted by Gasteiger charge is -2.22. The van der Waals surface area contributed by atoms with Crippen LogP contribution in [0.4, 0.5) is 14.5 Å². The van der Waals surface area contributed by atoms with Crippen LogP contribution in [0.2, 0.25) is 0 Å². The quantitative estimate of drug-likeness (QED) is 0.548. The number of alkyl halides is 2. The Morgan fingerprint density at radius 3 is 2.66 bits per heavy atom. The molecule has 1 fully saturated rings. The molecule has 0 saturated carbocycles. The van der Waals surface area contributed by atoms with Gasteiger partial charge in [0.2, 0.25) is 0 Å². The molecule has 0 spiro atoms. The normalized spacial score (nSPS) is 16.8. The highest BCUT2D eigenvalue weighted by molar-refractivity contribution is 5.80. The minimum atomic E-state index is -2.84. The van der Waals surface area contributed by atoms with Crippen LogP contribution in [-0.2, 0) is 6.54 Å². The van der Waals surface area contributed by atoms with Crippen molar-refractivity contribution in [1.82, 2.24) is 10.6 Å². The number of guanidine groups is 1. The molecule has 156 valence electrons. The first-order valence-electron chi connectivity index (χ1n) is 9.48. The number of rotatable bonds is 7. The van der Waals surface area contributed by atoms with Crippen LogP contribution in [0.15, 0.2) is 53.5 Å². The Morgan fingerprint density at radius 2 is 1.97 bits per heavy atom. The maximum atomic E-state index is 12.7. The van der Waals surface area contributed by atoms with E-state index in [1.807, 2.05) is 35.2 Å². The number of benzene rings is 2. The van der Waals surface area contributed by atoms with Crippen LogP contribution in [0.1, 0.15) is 12.0 Å². The van der Waals surface area contributed by atoms with Crippen molar-refractivity contribution >= 4 is 11.6 Å². The van der Waals surface area contributed by atoms with Gasteiger partial charge in [-0.2, -0.15) is 8.78 Å². The number of hydrogen-bond acceptors (Lipinski definition) is 4. The van der Waals surface area contributed by atoms with Crippen LogP contribution in [0.3, 0.4) is 0 Å². The minimum Gasteiger partial charge on any atom is -0.497 e. The van der Waals surface area contributed by atoms with Crippen molar-refractivity contribution in [3.63, 3.8) is 0 Å². The summed E-state index contributed by atoms with van der Waals surface area (Å²) in [6.45, 7) is -0.789. The second-order valence-electron chi connectivity index (χ2n) is 6.70. The first kappa shape index (κ1) is 20.7. The molecule has 2 aromatic rings. The molecule has 1 saturated heterocycles. The summed E-state index contributed by atoms with van der Waals surface area (Å²) in [5.74, 6) is 1.72. The Balaban J connectivity index is 1.54. The first-order valence-corrected chi connectivity index (χ1v) is 9.48. The molecule has 1 aliphatic rings. The molecule has 0 bridgehead atoms. The fraction of sp³-hybridized carbons (Fsp3) is 0.381. The Kier molecular flexibility index (Phi) is 7.10. The van der Waals surface area contributed by atoms with Crippen molar-refractivity contribution in [3.05, 3.63) is 54.1 Å². The summed E-state index contributed by atoms with van der Waals surface area (Å²) >= 11 is 0. The fourth-order valence-corrected chi connectivity index (χ4v) is 3.33. The number of halogens is 2. The third-order valence-corrected chi connectivity index (χ3v) is 4.79. The number of methoxy groups -OCH3 is 1. The van der Waals surface area contributed by atoms with Crippen molar-refractivity contribution in [3.8, 4) is 11.5 Å². The lowest BCUT2D eigenvalue weighted by atomic mass is 10.2. The van der Waals surface area contributed by atoms with Gasteiger partial charge in [0.05, 0.1) is 12.8 Å². The van der Waals surface area contributed by atoms with E-state index in [1.54, 1.807) is 32.4 Å². The maximum Gasteiger partial charge on any atom is 0.387 e. The molecular formula is C21H26F2N4O2. The van der Waals surface area contributed by atoms with E-state index in [0.29, 0.717) is 24.7 Å². The van der Waals surface area contributed by atoms with Gasteiger partial charge in [0.25, 0.3) is 0 Å². The number of nitrogens with one attached hydrogen (secondary N) is 2. The summed E-state index contributed by atoms with van der Waals surface area (Å²) < 4.78 is 35.2. The summed E-state index contributed by atoms with van der Waals surface area (Å²) in [7, 11) is 3.36. The summed E-state index contributed by atoms with van der Waals surface area (Å²) in [6.07, 6.45) is 0.867. The van der Waals surface area contributed by atoms with Gasteiger partial charge in [-0.25, -0.2) is 0 Å². The summed E-state index contributed by atoms with van der Waals surface area (Å²) in [5.41, 5.74) is 1.79. The predicted octanol–water partition coefficient (Wildman–Crippen LogP) is 3.24. The van der Waals surface area contributed by atoms with Gasteiger partial charge >= 0.3 is 6.61 Å². The number of aliphatic imine (C=N–C) groups is 1. The third kappa shape index (κ3) is 5.73. The van der Waals surface area contributed by atoms with E-state index in [-0.39, 0.29) is 11.8 Å². The van der Waals surface area contributed by atoms with Gasteiger partial charge in [0.15, 0.2) is 5.96 Å². The number of hydrogen-bond donors (Lipinski definition) is 2. The molecule has 3 rings (SSSR count). The molecular weight excluding hydrogens is 378 g/mol. The maximum absolute atomic E-state index is 12.7. The molecule has 2 aromatic carbocycles. The smallest absolute Gasteiger partial charge is 0.387 e. The number of ether oxygens (including phenoxy) is 2. The van der Waals surface area contributed by atoms with Crippen LogP contribution in [0, 0.1) is 0 Å². The van der Waals surface area contributed by atoms with Crippen molar-refractivity contribution < 1.29 is 18.3 Å². The zero-order valence-corrected chi connectivity index (χ0v) is 16.6. The second-order valence-corrected chi connectivity index (χ2v) is 6.70. The predicted molar refractivity (Wildman–Crippen MR) is 110 cm³/mol. The van der Waals surface area contributed by atoms with Gasteiger partial charge in [0.1, 0.15) is 11.5 Å². The van der Waals surface area contributed by atoms with Gasteiger partial charge in [-0.1, -0.05) is 24.3 Å². The van der Waals surface area contributed by atoms with Gasteiger partial charge in [-0.3, -0.25) is 4.99 Å². The Hall–Kier alpha value is -3.03. The lowest BCUT2D eigenvalue weighted by molar-refractivity contribution is -0.0495. The highest BCUT2D eigenvalue weighted by Crippen LogP contribution is 2.31. The van der Waals surface area contributed by atoms with Crippen LogP contribution in [0.25, 0.3) is 0 Å². The van der Waals surface area contributed by atoms with Crippen LogP contribution in [0.5, 0.6) is 11.5 Å². The standard InChI is InChI=1S/C21H26F2N4O2/c1-24-21(25-13-15-7-9-17(28-2)10-8-15)26-16-11-12-27(14-16)18-5-3-4-6-19(18)29-20(22)23/h3-10,16,20H,11-14H2,1-2H3,(H2,24,25,26). The fourth-order valence-electron chi connectivity index (χ4n) is 3.33. The lowest BCUT2D eigenvalue weighted by Crippen LogP contribution is -2.44. The molecule has 0 aromatic heterocycles. The van der Waals surface area contributed by atoms with Crippen molar-refractivity contribution in [1.29, 1.82) is 0 Å². The number of para-hydroxylation sites is 2. The average molecular weight is 404 g/mol. The number of anilines is 1. The molecule has 0 radical (unpaired) electrons. The monoisotopic (exact) mass is 404 g/mol. The van der Waals surface area contributed by atoms with E-state index >= 15 is 0 Å². The first-order chi connectivity index (χ1) is 14.1. The highest BCUT2D eigenvalue weighted by atomic mass is 19.3.